The molecule has 3 rings (SSSR count). The van der Waals surface area contributed by atoms with E-state index in [1.165, 1.54) is 6.26 Å². The number of hydrogen-bond donors (Lipinski definition) is 2. The molecule has 36 heavy (non-hydrogen) atoms. The van der Waals surface area contributed by atoms with Crippen LogP contribution in [-0.2, 0) is 9.59 Å². The minimum atomic E-state index is -0.823. The van der Waals surface area contributed by atoms with Crippen LogP contribution in [0.4, 0.5) is 0 Å². The number of unbranched alkanes of at least 4 members (excludes halogenated alkanes) is 4. The summed E-state index contributed by atoms with van der Waals surface area (Å²) in [5.74, 6) is -0.784. The van der Waals surface area contributed by atoms with Gasteiger partial charge in [-0.2, -0.15) is 0 Å². The molecule has 2 N–H and O–H groups in total. The molecule has 0 spiro atoms. The fourth-order valence-corrected chi connectivity index (χ4v) is 3.80. The fraction of sp³-hybridized carbons (Fsp3) is 0.393. The van der Waals surface area contributed by atoms with E-state index in [-0.39, 0.29) is 18.3 Å². The van der Waals surface area contributed by atoms with Gasteiger partial charge in [0.15, 0.2) is 0 Å². The van der Waals surface area contributed by atoms with E-state index in [1.54, 1.807) is 12.1 Å². The van der Waals surface area contributed by atoms with Crippen LogP contribution in [0.1, 0.15) is 56.9 Å². The van der Waals surface area contributed by atoms with Gasteiger partial charge in [-0.05, 0) is 51.0 Å². The Morgan fingerprint density at radius 3 is 2.06 bits per heavy atom. The Morgan fingerprint density at radius 1 is 0.833 bits per heavy atom. The van der Waals surface area contributed by atoms with Gasteiger partial charge >= 0.3 is 11.9 Å². The molecule has 1 heterocycles. The topological polar surface area (TPSA) is 123 Å². The number of fused-ring (bicyclic) bond motifs is 1. The third-order valence-electron chi connectivity index (χ3n) is 5.77. The zero-order valence-corrected chi connectivity index (χ0v) is 20.5. The van der Waals surface area contributed by atoms with Crippen molar-refractivity contribution in [2.24, 2.45) is 0 Å². The van der Waals surface area contributed by atoms with Gasteiger partial charge in [0.2, 0.25) is 5.43 Å². The van der Waals surface area contributed by atoms with Crippen LogP contribution in [0.3, 0.4) is 0 Å². The highest BCUT2D eigenvalue weighted by atomic mass is 16.5. The van der Waals surface area contributed by atoms with E-state index >= 15 is 0 Å². The molecule has 8 heteroatoms. The van der Waals surface area contributed by atoms with Crippen molar-refractivity contribution < 1.29 is 33.7 Å². The summed E-state index contributed by atoms with van der Waals surface area (Å²) in [6.45, 7) is 2.69. The third kappa shape index (κ3) is 7.86. The predicted molar refractivity (Wildman–Crippen MR) is 136 cm³/mol. The highest BCUT2D eigenvalue weighted by Crippen LogP contribution is 2.32. The van der Waals surface area contributed by atoms with Crippen LogP contribution in [0.2, 0.25) is 0 Å². The number of benzene rings is 2. The number of ether oxygens (including phenoxy) is 2. The third-order valence-corrected chi connectivity index (χ3v) is 5.77. The first-order valence-corrected chi connectivity index (χ1v) is 12.2. The van der Waals surface area contributed by atoms with E-state index in [0.717, 1.165) is 17.5 Å². The van der Waals surface area contributed by atoms with Gasteiger partial charge in [-0.3, -0.25) is 14.4 Å². The smallest absolute Gasteiger partial charge is 0.303 e. The zero-order valence-electron chi connectivity index (χ0n) is 20.5. The highest BCUT2D eigenvalue weighted by Gasteiger charge is 2.16. The lowest BCUT2D eigenvalue weighted by Gasteiger charge is -2.13. The first-order valence-electron chi connectivity index (χ1n) is 12.2. The van der Waals surface area contributed by atoms with Crippen LogP contribution in [-0.4, -0.2) is 35.4 Å². The summed E-state index contributed by atoms with van der Waals surface area (Å²) in [6.07, 6.45) is 5.60. The van der Waals surface area contributed by atoms with E-state index in [9.17, 15) is 14.4 Å². The molecule has 3 aromatic rings. The first kappa shape index (κ1) is 26.8. The molecule has 2 aromatic carbocycles. The minimum Gasteiger partial charge on any atom is -0.493 e. The zero-order chi connectivity index (χ0) is 25.9. The Morgan fingerprint density at radius 2 is 1.44 bits per heavy atom. The van der Waals surface area contributed by atoms with Gasteiger partial charge in [0.25, 0.3) is 0 Å². The number of rotatable bonds is 15. The second-order valence-corrected chi connectivity index (χ2v) is 8.74. The number of carbonyl (C=O) groups is 2. The van der Waals surface area contributed by atoms with Gasteiger partial charge in [-0.25, -0.2) is 0 Å². The molecule has 0 aliphatic rings. The summed E-state index contributed by atoms with van der Waals surface area (Å²) < 4.78 is 17.7. The predicted octanol–water partition coefficient (Wildman–Crippen LogP) is 5.82. The minimum absolute atomic E-state index is 0.113. The van der Waals surface area contributed by atoms with Crippen molar-refractivity contribution in [1.82, 2.24) is 0 Å². The molecule has 0 atom stereocenters. The summed E-state index contributed by atoms with van der Waals surface area (Å²) in [5, 5.41) is 17.9. The van der Waals surface area contributed by atoms with Crippen molar-refractivity contribution in [3.63, 3.8) is 0 Å². The van der Waals surface area contributed by atoms with Crippen molar-refractivity contribution in [2.75, 3.05) is 13.2 Å². The lowest BCUT2D eigenvalue weighted by atomic mass is 10.0. The summed E-state index contributed by atoms with van der Waals surface area (Å²) >= 11 is 0. The van der Waals surface area contributed by atoms with E-state index < -0.39 is 11.9 Å². The number of hydrogen-bond acceptors (Lipinski definition) is 6. The van der Waals surface area contributed by atoms with Gasteiger partial charge in [0, 0.05) is 25.0 Å². The monoisotopic (exact) mass is 496 g/mol. The maximum Gasteiger partial charge on any atom is 0.303 e. The molecule has 0 fully saturated rings. The van der Waals surface area contributed by atoms with Crippen LogP contribution >= 0.6 is 0 Å². The molecule has 8 nitrogen and oxygen atoms in total. The largest absolute Gasteiger partial charge is 0.493 e. The second-order valence-electron chi connectivity index (χ2n) is 8.74. The number of aliphatic carboxylic acids is 2. The number of aryl methyl sites for hydroxylation is 1. The van der Waals surface area contributed by atoms with Gasteiger partial charge < -0.3 is 24.1 Å². The summed E-state index contributed by atoms with van der Waals surface area (Å²) in [7, 11) is 0. The lowest BCUT2D eigenvalue weighted by Crippen LogP contribution is -2.09. The van der Waals surface area contributed by atoms with E-state index in [2.05, 4.69) is 0 Å². The molecule has 0 unspecified atom stereocenters. The Labute approximate surface area is 209 Å². The van der Waals surface area contributed by atoms with Crippen LogP contribution < -0.4 is 14.9 Å². The molecule has 0 radical (unpaired) electrons. The Hall–Kier alpha value is -3.81. The molecule has 0 aliphatic heterocycles. The lowest BCUT2D eigenvalue weighted by molar-refractivity contribution is -0.138. The Balaban J connectivity index is 1.80. The second kappa shape index (κ2) is 13.3. The standard InChI is InChI=1S/C28H32O8/c1-19-10-12-20(13-11-19)22-18-36-24-17-21(34-14-6-2-4-8-25(29)30)16-23(27(24)28(22)33)35-15-7-3-5-9-26(31)32/h10-13,16-18H,2-9,14-15H2,1H3,(H,29,30)(H,31,32). The Kier molecular flexibility index (Phi) is 9.92. The van der Waals surface area contributed by atoms with Crippen LogP contribution in [0.5, 0.6) is 11.5 Å². The maximum atomic E-state index is 13.4. The highest BCUT2D eigenvalue weighted by molar-refractivity contribution is 5.88. The molecule has 0 amide bonds. The first-order chi connectivity index (χ1) is 17.3. The molecule has 0 saturated carbocycles. The van der Waals surface area contributed by atoms with E-state index in [1.807, 2.05) is 31.2 Å². The molecular formula is C28H32O8. The summed E-state index contributed by atoms with van der Waals surface area (Å²) in [4.78, 5) is 34.8. The van der Waals surface area contributed by atoms with Crippen LogP contribution in [0, 0.1) is 6.92 Å². The van der Waals surface area contributed by atoms with E-state index in [0.29, 0.717) is 73.3 Å². The van der Waals surface area contributed by atoms with Gasteiger partial charge in [-0.1, -0.05) is 29.8 Å². The van der Waals surface area contributed by atoms with Crippen molar-refractivity contribution in [3.05, 3.63) is 58.4 Å². The SMILES string of the molecule is Cc1ccc(-c2coc3cc(OCCCCCC(=O)O)cc(OCCCCCC(=O)O)c3c2=O)cc1. The normalized spacial score (nSPS) is 10.9. The van der Waals surface area contributed by atoms with Gasteiger partial charge in [0.1, 0.15) is 28.7 Å². The number of carboxylic acid groups (broad SMARTS) is 2. The van der Waals surface area contributed by atoms with Crippen molar-refractivity contribution in [1.29, 1.82) is 0 Å². The quantitative estimate of drug-likeness (QED) is 0.252. The fourth-order valence-electron chi connectivity index (χ4n) is 3.80. The summed E-state index contributed by atoms with van der Waals surface area (Å²) in [5.41, 5.74) is 2.40. The van der Waals surface area contributed by atoms with E-state index in [4.69, 9.17) is 24.1 Å². The van der Waals surface area contributed by atoms with Gasteiger partial charge in [-0.15, -0.1) is 0 Å². The van der Waals surface area contributed by atoms with Crippen LogP contribution in [0.25, 0.3) is 22.1 Å². The van der Waals surface area contributed by atoms with Crippen LogP contribution in [0.15, 0.2) is 51.9 Å². The molecular weight excluding hydrogens is 464 g/mol. The molecule has 0 saturated heterocycles. The molecule has 0 bridgehead atoms. The molecule has 1 aromatic heterocycles. The Bertz CT molecular complexity index is 1230. The molecule has 0 aliphatic carbocycles. The molecule has 192 valence electrons. The maximum absolute atomic E-state index is 13.4. The average molecular weight is 497 g/mol. The van der Waals surface area contributed by atoms with Crippen molar-refractivity contribution in [2.45, 2.75) is 58.3 Å². The van der Waals surface area contributed by atoms with Crippen molar-refractivity contribution in [3.8, 4) is 22.6 Å². The summed E-state index contributed by atoms with van der Waals surface area (Å²) in [6, 6.07) is 10.9. The van der Waals surface area contributed by atoms with Gasteiger partial charge in [0.05, 0.1) is 18.8 Å². The average Bonchev–Trinajstić information content (AvgIpc) is 2.84. The number of carboxylic acids is 2. The van der Waals surface area contributed by atoms with Crippen molar-refractivity contribution >= 4 is 22.9 Å².